The molecular formula is C15H12O6. The summed E-state index contributed by atoms with van der Waals surface area (Å²) in [5, 5.41) is 38.8. The van der Waals surface area contributed by atoms with E-state index in [9.17, 15) is 25.2 Å². The second-order valence-corrected chi connectivity index (χ2v) is 4.78. The lowest BCUT2D eigenvalue weighted by Crippen LogP contribution is -2.36. The van der Waals surface area contributed by atoms with Crippen LogP contribution in [0.15, 0.2) is 36.4 Å². The standard InChI is InChI=1S/C15H12O6/c16-8-3-1-2-7(4-8)15-14(20)13(19)12-10(18)5-9(17)6-11(12)21-15/h1-6,14-18,20H. The van der Waals surface area contributed by atoms with Gasteiger partial charge < -0.3 is 25.2 Å². The Balaban J connectivity index is 2.09. The molecule has 3 rings (SSSR count). The largest absolute Gasteiger partial charge is 0.508 e. The van der Waals surface area contributed by atoms with Gasteiger partial charge in [0.2, 0.25) is 5.78 Å². The average Bonchev–Trinajstić information content (AvgIpc) is 2.42. The van der Waals surface area contributed by atoms with Crippen molar-refractivity contribution in [3.05, 3.63) is 47.5 Å². The van der Waals surface area contributed by atoms with Crippen molar-refractivity contribution in [2.24, 2.45) is 0 Å². The van der Waals surface area contributed by atoms with Crippen molar-refractivity contribution < 1.29 is 30.0 Å². The number of aliphatic hydroxyl groups excluding tert-OH is 1. The maximum atomic E-state index is 12.2. The number of phenolic OH excluding ortho intramolecular Hbond substituents is 3. The Hall–Kier alpha value is -2.73. The van der Waals surface area contributed by atoms with E-state index in [4.69, 9.17) is 4.74 Å². The Labute approximate surface area is 119 Å². The summed E-state index contributed by atoms with van der Waals surface area (Å²) in [5.74, 6) is -1.47. The zero-order chi connectivity index (χ0) is 15.1. The fraction of sp³-hybridized carbons (Fsp3) is 0.133. The molecule has 2 aromatic rings. The zero-order valence-corrected chi connectivity index (χ0v) is 10.7. The molecule has 0 aromatic heterocycles. The van der Waals surface area contributed by atoms with E-state index < -0.39 is 23.7 Å². The molecule has 108 valence electrons. The molecule has 1 heterocycles. The molecule has 6 nitrogen and oxygen atoms in total. The molecule has 0 fully saturated rings. The lowest BCUT2D eigenvalue weighted by atomic mass is 9.93. The molecule has 0 radical (unpaired) electrons. The number of benzene rings is 2. The number of aliphatic hydroxyl groups is 1. The highest BCUT2D eigenvalue weighted by molar-refractivity contribution is 6.05. The van der Waals surface area contributed by atoms with Gasteiger partial charge in [0.15, 0.2) is 12.2 Å². The van der Waals surface area contributed by atoms with Crippen LogP contribution >= 0.6 is 0 Å². The molecule has 2 atom stereocenters. The number of ketones is 1. The van der Waals surface area contributed by atoms with Crippen LogP contribution in [0.3, 0.4) is 0 Å². The number of aromatic hydroxyl groups is 3. The molecule has 2 aromatic carbocycles. The number of Topliss-reactive ketones (excluding diaryl/α,β-unsaturated/α-hetero) is 1. The van der Waals surface area contributed by atoms with Crippen LogP contribution in [0.1, 0.15) is 22.0 Å². The van der Waals surface area contributed by atoms with E-state index in [0.717, 1.165) is 6.07 Å². The zero-order valence-electron chi connectivity index (χ0n) is 10.7. The minimum absolute atomic E-state index is 0.0175. The molecule has 2 unspecified atom stereocenters. The number of rotatable bonds is 1. The molecule has 0 amide bonds. The van der Waals surface area contributed by atoms with Crippen LogP contribution < -0.4 is 4.74 Å². The van der Waals surface area contributed by atoms with Gasteiger partial charge in [0.1, 0.15) is 28.6 Å². The maximum absolute atomic E-state index is 12.2. The van der Waals surface area contributed by atoms with E-state index in [1.54, 1.807) is 12.1 Å². The lowest BCUT2D eigenvalue weighted by molar-refractivity contribution is 0.0210. The Morgan fingerprint density at radius 3 is 2.48 bits per heavy atom. The molecule has 21 heavy (non-hydrogen) atoms. The van der Waals surface area contributed by atoms with Crippen LogP contribution in [0.4, 0.5) is 0 Å². The van der Waals surface area contributed by atoms with Gasteiger partial charge in [-0.15, -0.1) is 0 Å². The third-order valence-electron chi connectivity index (χ3n) is 3.32. The Morgan fingerprint density at radius 2 is 1.76 bits per heavy atom. The van der Waals surface area contributed by atoms with Gasteiger partial charge in [0, 0.05) is 12.1 Å². The molecule has 6 heteroatoms. The number of carbonyl (C=O) groups excluding carboxylic acids is 1. The first-order chi connectivity index (χ1) is 9.97. The van der Waals surface area contributed by atoms with Gasteiger partial charge in [-0.1, -0.05) is 12.1 Å². The SMILES string of the molecule is O=C1c2c(O)cc(O)cc2OC(c2cccc(O)c2)C1O. The Bertz CT molecular complexity index is 724. The van der Waals surface area contributed by atoms with Crippen molar-refractivity contribution in [2.45, 2.75) is 12.2 Å². The van der Waals surface area contributed by atoms with Crippen LogP contribution in [0.25, 0.3) is 0 Å². The van der Waals surface area contributed by atoms with E-state index in [2.05, 4.69) is 0 Å². The second kappa shape index (κ2) is 4.68. The predicted octanol–water partition coefficient (Wildman–Crippen LogP) is 1.48. The summed E-state index contributed by atoms with van der Waals surface area (Å²) in [6.45, 7) is 0. The molecule has 0 saturated heterocycles. The third-order valence-corrected chi connectivity index (χ3v) is 3.32. The van der Waals surface area contributed by atoms with E-state index in [-0.39, 0.29) is 22.8 Å². The number of hydrogen-bond acceptors (Lipinski definition) is 6. The topological polar surface area (TPSA) is 107 Å². The molecule has 0 spiro atoms. The molecule has 0 saturated carbocycles. The highest BCUT2D eigenvalue weighted by atomic mass is 16.5. The molecule has 0 aliphatic carbocycles. The first-order valence-corrected chi connectivity index (χ1v) is 6.21. The monoisotopic (exact) mass is 288 g/mol. The number of ether oxygens (including phenoxy) is 1. The molecule has 1 aliphatic rings. The number of hydrogen-bond donors (Lipinski definition) is 4. The van der Waals surface area contributed by atoms with Crippen LogP contribution in [0.2, 0.25) is 0 Å². The van der Waals surface area contributed by atoms with E-state index >= 15 is 0 Å². The first-order valence-electron chi connectivity index (χ1n) is 6.21. The summed E-state index contributed by atoms with van der Waals surface area (Å²) < 4.78 is 5.52. The van der Waals surface area contributed by atoms with Crippen molar-refractivity contribution >= 4 is 5.78 Å². The van der Waals surface area contributed by atoms with E-state index in [0.29, 0.717) is 5.56 Å². The fourth-order valence-electron chi connectivity index (χ4n) is 2.37. The summed E-state index contributed by atoms with van der Waals surface area (Å²) in [7, 11) is 0. The lowest BCUT2D eigenvalue weighted by Gasteiger charge is -2.30. The first kappa shape index (κ1) is 13.3. The van der Waals surface area contributed by atoms with E-state index in [1.807, 2.05) is 0 Å². The quantitative estimate of drug-likeness (QED) is 0.633. The summed E-state index contributed by atoms with van der Waals surface area (Å²) in [6, 6.07) is 8.16. The summed E-state index contributed by atoms with van der Waals surface area (Å²) >= 11 is 0. The Kier molecular flexibility index (Phi) is 2.95. The molecule has 1 aliphatic heterocycles. The summed E-state index contributed by atoms with van der Waals surface area (Å²) in [6.07, 6.45) is -2.55. The maximum Gasteiger partial charge on any atom is 0.202 e. The van der Waals surface area contributed by atoms with Gasteiger partial charge in [-0.25, -0.2) is 0 Å². The predicted molar refractivity (Wildman–Crippen MR) is 71.6 cm³/mol. The van der Waals surface area contributed by atoms with Crippen LogP contribution in [0, 0.1) is 0 Å². The molecule has 0 bridgehead atoms. The van der Waals surface area contributed by atoms with Gasteiger partial charge >= 0.3 is 0 Å². The molecular weight excluding hydrogens is 276 g/mol. The van der Waals surface area contributed by atoms with Crippen molar-refractivity contribution in [3.8, 4) is 23.0 Å². The van der Waals surface area contributed by atoms with Gasteiger partial charge in [0.25, 0.3) is 0 Å². The average molecular weight is 288 g/mol. The Morgan fingerprint density at radius 1 is 1.00 bits per heavy atom. The van der Waals surface area contributed by atoms with Gasteiger partial charge in [-0.05, 0) is 17.7 Å². The minimum Gasteiger partial charge on any atom is -0.508 e. The van der Waals surface area contributed by atoms with Crippen LogP contribution in [0.5, 0.6) is 23.0 Å². The van der Waals surface area contributed by atoms with Crippen LogP contribution in [-0.4, -0.2) is 32.3 Å². The van der Waals surface area contributed by atoms with E-state index in [1.165, 1.54) is 18.2 Å². The second-order valence-electron chi connectivity index (χ2n) is 4.78. The molecule has 4 N–H and O–H groups in total. The third kappa shape index (κ3) is 2.15. The van der Waals surface area contributed by atoms with Gasteiger partial charge in [-0.3, -0.25) is 4.79 Å². The van der Waals surface area contributed by atoms with Crippen molar-refractivity contribution in [2.75, 3.05) is 0 Å². The van der Waals surface area contributed by atoms with Crippen molar-refractivity contribution in [3.63, 3.8) is 0 Å². The van der Waals surface area contributed by atoms with Gasteiger partial charge in [-0.2, -0.15) is 0 Å². The number of phenols is 3. The highest BCUT2D eigenvalue weighted by Gasteiger charge is 2.39. The number of fused-ring (bicyclic) bond motifs is 1. The smallest absolute Gasteiger partial charge is 0.202 e. The summed E-state index contributed by atoms with van der Waals surface area (Å²) in [5.41, 5.74) is 0.237. The minimum atomic E-state index is -1.52. The van der Waals surface area contributed by atoms with Gasteiger partial charge in [0.05, 0.1) is 0 Å². The highest BCUT2D eigenvalue weighted by Crippen LogP contribution is 2.41. The van der Waals surface area contributed by atoms with Crippen molar-refractivity contribution in [1.29, 1.82) is 0 Å². The normalized spacial score (nSPS) is 20.7. The number of carbonyl (C=O) groups is 1. The van der Waals surface area contributed by atoms with Crippen LogP contribution in [-0.2, 0) is 0 Å². The summed E-state index contributed by atoms with van der Waals surface area (Å²) in [4.78, 5) is 12.2. The fourth-order valence-corrected chi connectivity index (χ4v) is 2.37. The van der Waals surface area contributed by atoms with Crippen molar-refractivity contribution in [1.82, 2.24) is 0 Å².